The van der Waals surface area contributed by atoms with Crippen molar-refractivity contribution >= 4 is 28.8 Å². The first-order valence-corrected chi connectivity index (χ1v) is 10.2. The molecule has 0 aliphatic heterocycles. The van der Waals surface area contributed by atoms with Gasteiger partial charge in [0.2, 0.25) is 5.95 Å². The van der Waals surface area contributed by atoms with Gasteiger partial charge in [0.1, 0.15) is 17.3 Å². The second-order valence-electron chi connectivity index (χ2n) is 7.14. The summed E-state index contributed by atoms with van der Waals surface area (Å²) >= 11 is 0. The van der Waals surface area contributed by atoms with Crippen molar-refractivity contribution in [2.75, 3.05) is 18.1 Å². The van der Waals surface area contributed by atoms with Gasteiger partial charge in [0.25, 0.3) is 0 Å². The largest absolute Gasteiger partial charge is 0.490 e. The number of nitrogens with two attached hydrogens (primary N) is 1. The Bertz CT molecular complexity index is 1410. The number of hydrogen-bond acceptors (Lipinski definition) is 7. The van der Waals surface area contributed by atoms with Crippen LogP contribution in [-0.2, 0) is 11.0 Å². The van der Waals surface area contributed by atoms with E-state index in [1.165, 1.54) is 18.2 Å². The molecule has 0 radical (unpaired) electrons. The Labute approximate surface area is 204 Å². The quantitative estimate of drug-likeness (QED) is 0.288. The van der Waals surface area contributed by atoms with Crippen molar-refractivity contribution in [3.8, 4) is 22.8 Å². The van der Waals surface area contributed by atoms with Gasteiger partial charge in [-0.15, -0.1) is 0 Å². The van der Waals surface area contributed by atoms with E-state index in [-0.39, 0.29) is 28.6 Å². The van der Waals surface area contributed by atoms with Crippen LogP contribution in [0.1, 0.15) is 5.56 Å². The molecule has 14 heteroatoms. The number of nitrogens with one attached hydrogen (secondary N) is 1. The minimum absolute atomic E-state index is 0.0266. The number of anilines is 2. The average molecular weight is 525 g/mol. The standard InChI is InChI=1S/C21H16F3N5O.C2HF3O2/c1-26-18-13-10-11-15(27-19(13)29-20(25)28-18)17-14(21(22,23)24)8-5-9-16(17)30-12-6-3-2-4-7-12;3-2(4,5)1(6)7/h2-11H,1H3,(H3,25,26,27,28,29);(H,6,7). The van der Waals surface area contributed by atoms with Crippen LogP contribution >= 0.6 is 0 Å². The van der Waals surface area contributed by atoms with E-state index >= 15 is 0 Å². The van der Waals surface area contributed by atoms with Gasteiger partial charge in [-0.05, 0) is 36.4 Å². The van der Waals surface area contributed by atoms with Gasteiger partial charge in [0.15, 0.2) is 5.65 Å². The Morgan fingerprint density at radius 2 is 1.57 bits per heavy atom. The number of pyridine rings is 1. The summed E-state index contributed by atoms with van der Waals surface area (Å²) in [6.45, 7) is 0. The third kappa shape index (κ3) is 6.54. The fraction of sp³-hybridized carbons (Fsp3) is 0.130. The Hall–Kier alpha value is -4.62. The predicted octanol–water partition coefficient (Wildman–Crippen LogP) is 5.76. The van der Waals surface area contributed by atoms with E-state index in [4.69, 9.17) is 20.4 Å². The lowest BCUT2D eigenvalue weighted by Crippen LogP contribution is -2.21. The van der Waals surface area contributed by atoms with E-state index in [1.807, 2.05) is 0 Å². The summed E-state index contributed by atoms with van der Waals surface area (Å²) < 4.78 is 78.9. The average Bonchev–Trinajstić information content (AvgIpc) is 2.83. The van der Waals surface area contributed by atoms with E-state index in [1.54, 1.807) is 43.4 Å². The van der Waals surface area contributed by atoms with Crippen LogP contribution in [0.15, 0.2) is 60.7 Å². The molecule has 4 N–H and O–H groups in total. The van der Waals surface area contributed by atoms with Crippen molar-refractivity contribution in [1.29, 1.82) is 0 Å². The molecule has 0 atom stereocenters. The summed E-state index contributed by atoms with van der Waals surface area (Å²) in [6, 6.07) is 15.4. The first-order valence-electron chi connectivity index (χ1n) is 10.2. The molecule has 0 fully saturated rings. The van der Waals surface area contributed by atoms with Gasteiger partial charge in [0.05, 0.1) is 22.2 Å². The first-order chi connectivity index (χ1) is 17.3. The molecule has 0 amide bonds. The summed E-state index contributed by atoms with van der Waals surface area (Å²) in [4.78, 5) is 21.4. The number of nitrogens with zero attached hydrogens (tertiary/aromatic N) is 3. The van der Waals surface area contributed by atoms with Crippen molar-refractivity contribution in [2.45, 2.75) is 12.4 Å². The molecule has 2 aromatic heterocycles. The summed E-state index contributed by atoms with van der Waals surface area (Å²) in [5.74, 6) is -1.93. The van der Waals surface area contributed by atoms with E-state index in [9.17, 15) is 26.3 Å². The zero-order chi connectivity index (χ0) is 27.4. The highest BCUT2D eigenvalue weighted by atomic mass is 19.4. The molecule has 0 aliphatic carbocycles. The van der Waals surface area contributed by atoms with Crippen molar-refractivity contribution in [3.05, 3.63) is 66.2 Å². The lowest BCUT2D eigenvalue weighted by Gasteiger charge is -2.17. The van der Waals surface area contributed by atoms with Crippen LogP contribution in [0.3, 0.4) is 0 Å². The number of fused-ring (bicyclic) bond motifs is 1. The molecular formula is C23H17F6N5O3. The maximum absolute atomic E-state index is 13.8. The Morgan fingerprint density at radius 3 is 2.14 bits per heavy atom. The third-order valence-corrected chi connectivity index (χ3v) is 4.62. The number of ether oxygens (including phenoxy) is 1. The minimum atomic E-state index is -5.08. The van der Waals surface area contributed by atoms with Crippen LogP contribution in [0.25, 0.3) is 22.3 Å². The van der Waals surface area contributed by atoms with E-state index in [0.717, 1.165) is 6.07 Å². The van der Waals surface area contributed by atoms with Gasteiger partial charge in [-0.2, -0.15) is 36.3 Å². The lowest BCUT2D eigenvalue weighted by atomic mass is 10.0. The maximum Gasteiger partial charge on any atom is 0.490 e. The zero-order valence-electron chi connectivity index (χ0n) is 18.7. The number of benzene rings is 2. The number of carbonyl (C=O) groups is 1. The van der Waals surface area contributed by atoms with Crippen LogP contribution in [0, 0.1) is 0 Å². The smallest absolute Gasteiger partial charge is 0.475 e. The van der Waals surface area contributed by atoms with Crippen molar-refractivity contribution < 1.29 is 41.0 Å². The summed E-state index contributed by atoms with van der Waals surface area (Å²) in [5.41, 5.74) is 4.90. The molecule has 0 saturated heterocycles. The summed E-state index contributed by atoms with van der Waals surface area (Å²) in [6.07, 6.45) is -9.69. The maximum atomic E-state index is 13.8. The number of carboxylic acid groups (broad SMARTS) is 1. The Kier molecular flexibility index (Phi) is 7.70. The molecule has 37 heavy (non-hydrogen) atoms. The predicted molar refractivity (Wildman–Crippen MR) is 122 cm³/mol. The number of halogens is 6. The van der Waals surface area contributed by atoms with E-state index in [2.05, 4.69) is 20.3 Å². The van der Waals surface area contributed by atoms with Gasteiger partial charge >= 0.3 is 18.3 Å². The van der Waals surface area contributed by atoms with E-state index < -0.39 is 23.9 Å². The number of para-hydroxylation sites is 1. The molecule has 0 saturated carbocycles. The molecule has 194 valence electrons. The Morgan fingerprint density at radius 1 is 0.919 bits per heavy atom. The summed E-state index contributed by atoms with van der Waals surface area (Å²) in [5, 5.41) is 10.5. The van der Waals surface area contributed by atoms with Crippen LogP contribution in [0.5, 0.6) is 11.5 Å². The lowest BCUT2D eigenvalue weighted by molar-refractivity contribution is -0.192. The molecule has 0 unspecified atom stereocenters. The number of carboxylic acids is 1. The topological polar surface area (TPSA) is 123 Å². The highest BCUT2D eigenvalue weighted by Crippen LogP contribution is 2.43. The fourth-order valence-electron chi connectivity index (χ4n) is 3.09. The zero-order valence-corrected chi connectivity index (χ0v) is 18.7. The van der Waals surface area contributed by atoms with Crippen LogP contribution in [-0.4, -0.2) is 39.3 Å². The number of alkyl halides is 6. The Balaban J connectivity index is 0.000000479. The number of hydrogen-bond donors (Lipinski definition) is 3. The van der Waals surface area contributed by atoms with Crippen LogP contribution in [0.4, 0.5) is 38.1 Å². The van der Waals surface area contributed by atoms with Gasteiger partial charge in [0, 0.05) is 7.05 Å². The van der Waals surface area contributed by atoms with Gasteiger partial charge in [-0.1, -0.05) is 24.3 Å². The van der Waals surface area contributed by atoms with Crippen molar-refractivity contribution in [2.24, 2.45) is 0 Å². The number of aromatic nitrogens is 3. The number of rotatable bonds is 4. The molecule has 2 aromatic carbocycles. The third-order valence-electron chi connectivity index (χ3n) is 4.62. The molecular weight excluding hydrogens is 508 g/mol. The fourth-order valence-corrected chi connectivity index (χ4v) is 3.09. The second kappa shape index (κ2) is 10.6. The molecule has 0 spiro atoms. The highest BCUT2D eigenvalue weighted by molar-refractivity contribution is 5.89. The molecule has 4 rings (SSSR count). The van der Waals surface area contributed by atoms with Gasteiger partial charge in [-0.3, -0.25) is 0 Å². The summed E-state index contributed by atoms with van der Waals surface area (Å²) in [7, 11) is 1.65. The number of nitrogen functional groups attached to an aromatic ring is 1. The normalized spacial score (nSPS) is 11.4. The van der Waals surface area contributed by atoms with Gasteiger partial charge < -0.3 is 20.9 Å². The van der Waals surface area contributed by atoms with Crippen molar-refractivity contribution in [1.82, 2.24) is 15.0 Å². The highest BCUT2D eigenvalue weighted by Gasteiger charge is 2.38. The van der Waals surface area contributed by atoms with E-state index in [0.29, 0.717) is 17.0 Å². The monoisotopic (exact) mass is 525 g/mol. The second-order valence-corrected chi connectivity index (χ2v) is 7.14. The molecule has 0 bridgehead atoms. The first kappa shape index (κ1) is 27.0. The van der Waals surface area contributed by atoms with Crippen LogP contribution < -0.4 is 15.8 Å². The molecule has 4 aromatic rings. The van der Waals surface area contributed by atoms with Gasteiger partial charge in [-0.25, -0.2) is 9.78 Å². The molecule has 0 aliphatic rings. The molecule has 8 nitrogen and oxygen atoms in total. The SMILES string of the molecule is CNc1nc(N)nc2nc(-c3c(Oc4ccccc4)cccc3C(F)(F)F)ccc12.O=C(O)C(F)(F)F. The number of aliphatic carboxylic acids is 1. The van der Waals surface area contributed by atoms with Crippen molar-refractivity contribution in [3.63, 3.8) is 0 Å². The minimum Gasteiger partial charge on any atom is -0.475 e. The molecule has 2 heterocycles. The van der Waals surface area contributed by atoms with Crippen LogP contribution in [0.2, 0.25) is 0 Å².